The maximum absolute atomic E-state index is 13.5. The van der Waals surface area contributed by atoms with Crippen LogP contribution in [0.3, 0.4) is 0 Å². The number of imide groups is 2. The predicted octanol–water partition coefficient (Wildman–Crippen LogP) is 4.04. The fourth-order valence-electron chi connectivity index (χ4n) is 7.80. The first kappa shape index (κ1) is 54.0. The predicted molar refractivity (Wildman–Crippen MR) is 264 cm³/mol. The maximum Gasteiger partial charge on any atom is 0.279 e. The van der Waals surface area contributed by atoms with Gasteiger partial charge in [-0.05, 0) is 63.7 Å². The molecule has 1 atom stereocenters. The highest BCUT2D eigenvalue weighted by Crippen LogP contribution is 2.37. The Labute approximate surface area is 423 Å². The average Bonchev–Trinajstić information content (AvgIpc) is 3.98. The number of aryl methyl sites for hydroxylation is 1. The molecule has 21 nitrogen and oxygen atoms in total. The number of nitrogens with one attached hydrogen (secondary N) is 3. The van der Waals surface area contributed by atoms with Crippen molar-refractivity contribution < 1.29 is 52.5 Å². The van der Waals surface area contributed by atoms with Gasteiger partial charge in [-0.25, -0.2) is 9.97 Å². The largest absolute Gasteiger partial charge is 0.485 e. The van der Waals surface area contributed by atoms with E-state index in [-0.39, 0.29) is 77.6 Å². The molecule has 3 aromatic heterocycles. The molecule has 0 aliphatic carbocycles. The molecule has 380 valence electrons. The second kappa shape index (κ2) is 25.2. The number of aromatic nitrogens is 4. The normalized spacial score (nSPS) is 14.8. The molecule has 8 rings (SSSR count). The second-order valence-corrected chi connectivity index (χ2v) is 17.2. The third-order valence-corrected chi connectivity index (χ3v) is 11.6. The van der Waals surface area contributed by atoms with Crippen molar-refractivity contribution in [1.82, 2.24) is 40.0 Å². The highest BCUT2D eigenvalue weighted by Gasteiger charge is 2.46. The summed E-state index contributed by atoms with van der Waals surface area (Å²) in [6.07, 6.45) is 3.58. The van der Waals surface area contributed by atoms with E-state index in [4.69, 9.17) is 42.1 Å². The minimum atomic E-state index is -1.03. The number of hydrogen-bond acceptors (Lipinski definition) is 15. The van der Waals surface area contributed by atoms with Gasteiger partial charge in [-0.2, -0.15) is 0 Å². The van der Waals surface area contributed by atoms with E-state index in [9.17, 15) is 38.4 Å². The van der Waals surface area contributed by atoms with Crippen LogP contribution in [-0.4, -0.2) is 132 Å². The Bertz CT molecular complexity index is 2890. The van der Waals surface area contributed by atoms with Crippen LogP contribution < -0.4 is 35.9 Å². The van der Waals surface area contributed by atoms with Gasteiger partial charge < -0.3 is 38.7 Å². The third kappa shape index (κ3) is 12.6. The summed E-state index contributed by atoms with van der Waals surface area (Å²) < 4.78 is 24.8. The van der Waals surface area contributed by atoms with E-state index in [0.29, 0.717) is 66.9 Å². The second-order valence-electron chi connectivity index (χ2n) is 16.3. The first-order valence-electron chi connectivity index (χ1n) is 22.6. The summed E-state index contributed by atoms with van der Waals surface area (Å²) in [6, 6.07) is 15.9. The number of hydrogen-bond donors (Lipinski definition) is 3. The number of carbonyl (C=O) groups excluding carboxylic acids is 7. The zero-order valence-electron chi connectivity index (χ0n) is 40.1. The van der Waals surface area contributed by atoms with Crippen molar-refractivity contribution in [3.63, 3.8) is 0 Å². The lowest BCUT2D eigenvalue weighted by Gasteiger charge is -2.27. The van der Waals surface area contributed by atoms with Crippen LogP contribution in [0.15, 0.2) is 77.9 Å². The van der Waals surface area contributed by atoms with Crippen LogP contribution in [0.4, 0.5) is 5.69 Å². The number of imidazole rings is 1. The Balaban J connectivity index is 0.000000233. The van der Waals surface area contributed by atoms with Gasteiger partial charge in [0.15, 0.2) is 12.0 Å². The summed E-state index contributed by atoms with van der Waals surface area (Å²) in [4.78, 5) is 109. The van der Waals surface area contributed by atoms with Gasteiger partial charge in [0.2, 0.25) is 17.7 Å². The molecule has 6 amide bonds. The van der Waals surface area contributed by atoms with Gasteiger partial charge >= 0.3 is 0 Å². The topological polar surface area (TPSA) is 252 Å². The minimum absolute atomic E-state index is 0.0315. The molecular weight excluding hydrogens is 977 g/mol. The van der Waals surface area contributed by atoms with Crippen molar-refractivity contribution in [2.75, 3.05) is 65.2 Å². The number of methoxy groups -OCH3 is 1. The molecule has 0 bridgehead atoms. The number of piperidine rings is 1. The van der Waals surface area contributed by atoms with Crippen LogP contribution in [0.5, 0.6) is 11.6 Å². The van der Waals surface area contributed by atoms with Crippen molar-refractivity contribution in [2.24, 2.45) is 7.05 Å². The van der Waals surface area contributed by atoms with Crippen molar-refractivity contribution in [3.05, 3.63) is 122 Å². The molecular formula is C49H53Cl2N9O12. The summed E-state index contributed by atoms with van der Waals surface area (Å²) in [5.41, 5.74) is 1.58. The van der Waals surface area contributed by atoms with E-state index in [0.717, 1.165) is 16.5 Å². The molecule has 1 fully saturated rings. The molecule has 72 heavy (non-hydrogen) atoms. The zero-order valence-corrected chi connectivity index (χ0v) is 41.6. The Hall–Kier alpha value is -7.30. The van der Waals surface area contributed by atoms with Crippen molar-refractivity contribution >= 4 is 70.6 Å². The van der Waals surface area contributed by atoms with Crippen molar-refractivity contribution in [1.29, 1.82) is 0 Å². The molecule has 0 radical (unpaired) electrons. The number of ether oxygens (including phenoxy) is 4. The first-order chi connectivity index (χ1) is 34.6. The van der Waals surface area contributed by atoms with Crippen LogP contribution >= 0.6 is 23.2 Å². The summed E-state index contributed by atoms with van der Waals surface area (Å²) >= 11 is 11.7. The SMILES string of the molecule is CNCCOCCOCCNC(=O)c1cnc(OC)c(-c2nc3c(n2C(C)C)CN(c2cc(Cl)cn(C)c2=O)C3=O)c1.Clc1ccccc1.O=CCOc1cccc2c1C(=O)N(C1CCC(=O)NC1=O)C2=O. The fourth-order valence-corrected chi connectivity index (χ4v) is 8.20. The number of amides is 6. The number of fused-ring (bicyclic) bond motifs is 2. The van der Waals surface area contributed by atoms with E-state index in [2.05, 4.69) is 25.9 Å². The highest BCUT2D eigenvalue weighted by atomic mass is 35.5. The lowest BCUT2D eigenvalue weighted by molar-refractivity contribution is -0.136. The van der Waals surface area contributed by atoms with Crippen LogP contribution in [0.25, 0.3) is 11.4 Å². The number of aldehydes is 1. The Morgan fingerprint density at radius 3 is 2.26 bits per heavy atom. The van der Waals surface area contributed by atoms with E-state index in [1.807, 2.05) is 55.8 Å². The fraction of sp³-hybridized carbons (Fsp3) is 0.347. The summed E-state index contributed by atoms with van der Waals surface area (Å²) in [5.74, 6) is -2.34. The minimum Gasteiger partial charge on any atom is -0.485 e. The Morgan fingerprint density at radius 2 is 1.62 bits per heavy atom. The highest BCUT2D eigenvalue weighted by molar-refractivity contribution is 6.31. The van der Waals surface area contributed by atoms with Crippen LogP contribution in [0.2, 0.25) is 10.0 Å². The van der Waals surface area contributed by atoms with Gasteiger partial charge in [0, 0.05) is 50.0 Å². The van der Waals surface area contributed by atoms with Gasteiger partial charge in [-0.15, -0.1) is 0 Å². The summed E-state index contributed by atoms with van der Waals surface area (Å²) in [6.45, 7) is 6.71. The summed E-state index contributed by atoms with van der Waals surface area (Å²) in [5, 5.41) is 9.07. The van der Waals surface area contributed by atoms with E-state index in [1.165, 1.54) is 53.2 Å². The Morgan fingerprint density at radius 1 is 0.903 bits per heavy atom. The van der Waals surface area contributed by atoms with Crippen LogP contribution in [0, 0.1) is 0 Å². The first-order valence-corrected chi connectivity index (χ1v) is 23.4. The van der Waals surface area contributed by atoms with Crippen LogP contribution in [0.1, 0.15) is 80.0 Å². The summed E-state index contributed by atoms with van der Waals surface area (Å²) in [7, 11) is 4.91. The Kier molecular flexibility index (Phi) is 18.9. The van der Waals surface area contributed by atoms with E-state index >= 15 is 0 Å². The molecule has 3 aliphatic rings. The molecule has 6 heterocycles. The average molecular weight is 1030 g/mol. The lowest BCUT2D eigenvalue weighted by atomic mass is 10.0. The quantitative estimate of drug-likeness (QED) is 0.0637. The maximum atomic E-state index is 13.5. The number of benzene rings is 2. The molecule has 5 aromatic rings. The van der Waals surface area contributed by atoms with Gasteiger partial charge in [0.25, 0.3) is 29.2 Å². The van der Waals surface area contributed by atoms with E-state index in [1.54, 1.807) is 13.1 Å². The lowest BCUT2D eigenvalue weighted by Crippen LogP contribution is -2.54. The number of halogens is 2. The van der Waals surface area contributed by atoms with E-state index < -0.39 is 35.6 Å². The van der Waals surface area contributed by atoms with Gasteiger partial charge in [-0.3, -0.25) is 53.5 Å². The molecule has 0 spiro atoms. The molecule has 1 saturated heterocycles. The number of rotatable bonds is 18. The molecule has 0 saturated carbocycles. The standard InChI is InChI=1S/C28H36ClN7O6.C15H12N2O6.C6H5Cl/c1-17(2)36-22-16-35(21-13-19(29)15-34(4)27(21)38)28(39)23(22)33-24(36)20-12-18(14-32-26(20)40-5)25(37)31-7-9-42-11-10-41-8-6-30-3;18-6-7-23-10-3-1-2-8-12(10)15(22)17(14(8)21)9-4-5-11(19)16-13(9)20;7-6-4-2-1-3-5-6/h12-15,17,30H,6-11,16H2,1-5H3,(H,31,37);1-3,6,9H,4-5,7H2,(H,16,19,20);1-5H. The molecule has 3 aliphatic heterocycles. The van der Waals surface area contributed by atoms with Crippen molar-refractivity contribution in [2.45, 2.75) is 45.3 Å². The molecule has 23 heteroatoms. The number of nitrogens with zero attached hydrogens (tertiary/aromatic N) is 6. The molecule has 1 unspecified atom stereocenters. The number of carbonyl (C=O) groups is 7. The van der Waals surface area contributed by atoms with Crippen molar-refractivity contribution in [3.8, 4) is 23.0 Å². The monoisotopic (exact) mass is 1030 g/mol. The van der Waals surface area contributed by atoms with Gasteiger partial charge in [0.1, 0.15) is 29.9 Å². The van der Waals surface area contributed by atoms with Crippen LogP contribution in [-0.2, 0) is 37.4 Å². The third-order valence-electron chi connectivity index (χ3n) is 11.1. The smallest absolute Gasteiger partial charge is 0.279 e. The number of likely N-dealkylation sites (N-methyl/N-ethyl adjacent to an activating group) is 1. The molecule has 3 N–H and O–H groups in total. The van der Waals surface area contributed by atoms with Gasteiger partial charge in [0.05, 0.1) is 73.1 Å². The number of anilines is 1. The zero-order chi connectivity index (χ0) is 52.1. The molecule has 2 aromatic carbocycles. The number of pyridine rings is 2. The van der Waals surface area contributed by atoms with Gasteiger partial charge in [-0.1, -0.05) is 47.5 Å².